The van der Waals surface area contributed by atoms with Gasteiger partial charge in [0.05, 0.1) is 19.8 Å². The van der Waals surface area contributed by atoms with Crippen LogP contribution in [0.4, 0.5) is 0 Å². The molecule has 2 aliphatic carbocycles. The maximum atomic E-state index is 12.6. The third-order valence-electron chi connectivity index (χ3n) is 7.91. The molecule has 2 heterocycles. The Balaban J connectivity index is 1.12. The van der Waals surface area contributed by atoms with Gasteiger partial charge < -0.3 is 39.1 Å². The minimum atomic E-state index is -1.26. The summed E-state index contributed by atoms with van der Waals surface area (Å²) < 4.78 is 32.7. The summed E-state index contributed by atoms with van der Waals surface area (Å²) in [7, 11) is 0. The number of carbonyl (C=O) groups is 4. The van der Waals surface area contributed by atoms with Crippen molar-refractivity contribution in [3.8, 4) is 0 Å². The number of cyclic esters (lactones) is 4. The number of hydrogen-bond acceptors (Lipinski definition) is 12. The molecular formula is C35H50N2O10. The Morgan fingerprint density at radius 3 is 1.40 bits per heavy atom. The summed E-state index contributed by atoms with van der Waals surface area (Å²) in [6.45, 7) is 17.4. The average molecular weight is 659 g/mol. The SMILES string of the molecule is CC1(C)C=C(NCCCOCCOCCNC2=CC(C)(C)CC(C3C(=O)OC(C)(C)OC3=O)=C2)C=C(C2C(=O)OC(C)(C)OC2=O)C1. The molecule has 0 aromatic carbocycles. The Hall–Kier alpha value is -3.64. The van der Waals surface area contributed by atoms with E-state index in [0.29, 0.717) is 63.5 Å². The molecular weight excluding hydrogens is 608 g/mol. The summed E-state index contributed by atoms with van der Waals surface area (Å²) in [6.07, 6.45) is 9.69. The van der Waals surface area contributed by atoms with Gasteiger partial charge in [-0.05, 0) is 53.4 Å². The molecule has 2 N–H and O–H groups in total. The van der Waals surface area contributed by atoms with Gasteiger partial charge in [0, 0.05) is 58.8 Å². The molecule has 0 bridgehead atoms. The maximum absolute atomic E-state index is 12.6. The summed E-state index contributed by atoms with van der Waals surface area (Å²) in [4.78, 5) is 50.4. The number of ether oxygens (including phenoxy) is 6. The second-order valence-electron chi connectivity index (χ2n) is 14.8. The normalized spacial score (nSPS) is 23.7. The van der Waals surface area contributed by atoms with Crippen LogP contribution in [0.1, 0.15) is 74.7 Å². The van der Waals surface area contributed by atoms with Gasteiger partial charge in [0.15, 0.2) is 11.8 Å². The molecule has 0 unspecified atom stereocenters. The minimum absolute atomic E-state index is 0.250. The van der Waals surface area contributed by atoms with Crippen LogP contribution in [0.25, 0.3) is 0 Å². The third kappa shape index (κ3) is 10.2. The van der Waals surface area contributed by atoms with Crippen molar-refractivity contribution in [1.29, 1.82) is 0 Å². The van der Waals surface area contributed by atoms with Gasteiger partial charge in [-0.2, -0.15) is 0 Å². The van der Waals surface area contributed by atoms with E-state index in [1.54, 1.807) is 27.7 Å². The van der Waals surface area contributed by atoms with E-state index in [2.05, 4.69) is 36.6 Å². The number of esters is 4. The van der Waals surface area contributed by atoms with Crippen LogP contribution in [0, 0.1) is 22.7 Å². The molecule has 2 fully saturated rings. The van der Waals surface area contributed by atoms with E-state index in [0.717, 1.165) is 17.8 Å². The number of rotatable bonds is 14. The predicted octanol–water partition coefficient (Wildman–Crippen LogP) is 3.97. The molecule has 0 aromatic heterocycles. The van der Waals surface area contributed by atoms with Crippen molar-refractivity contribution in [2.75, 3.05) is 39.5 Å². The molecule has 4 rings (SSSR count). The molecule has 0 atom stereocenters. The third-order valence-corrected chi connectivity index (χ3v) is 7.91. The highest BCUT2D eigenvalue weighted by atomic mass is 16.8. The Morgan fingerprint density at radius 1 is 0.596 bits per heavy atom. The minimum Gasteiger partial charge on any atom is -0.422 e. The summed E-state index contributed by atoms with van der Waals surface area (Å²) in [5, 5.41) is 6.71. The lowest BCUT2D eigenvalue weighted by molar-refractivity contribution is -0.239. The van der Waals surface area contributed by atoms with Crippen molar-refractivity contribution in [3.05, 3.63) is 46.8 Å². The van der Waals surface area contributed by atoms with E-state index < -0.39 is 47.3 Å². The van der Waals surface area contributed by atoms with E-state index in [9.17, 15) is 19.2 Å². The lowest BCUT2D eigenvalue weighted by Gasteiger charge is -2.36. The van der Waals surface area contributed by atoms with Crippen LogP contribution in [0.15, 0.2) is 46.8 Å². The van der Waals surface area contributed by atoms with Crippen molar-refractivity contribution >= 4 is 23.9 Å². The second kappa shape index (κ2) is 14.2. The molecule has 0 amide bonds. The lowest BCUT2D eigenvalue weighted by atomic mass is 9.76. The van der Waals surface area contributed by atoms with Crippen LogP contribution < -0.4 is 10.6 Å². The molecule has 0 radical (unpaired) electrons. The second-order valence-corrected chi connectivity index (χ2v) is 14.8. The largest absolute Gasteiger partial charge is 0.422 e. The van der Waals surface area contributed by atoms with Gasteiger partial charge in [0.25, 0.3) is 11.6 Å². The first-order valence-corrected chi connectivity index (χ1v) is 16.3. The van der Waals surface area contributed by atoms with Crippen molar-refractivity contribution in [2.24, 2.45) is 22.7 Å². The van der Waals surface area contributed by atoms with E-state index >= 15 is 0 Å². The first-order chi connectivity index (χ1) is 21.9. The number of nitrogens with one attached hydrogen (secondary N) is 2. The van der Waals surface area contributed by atoms with Crippen LogP contribution in [0.2, 0.25) is 0 Å². The molecule has 12 nitrogen and oxygen atoms in total. The molecule has 0 saturated carbocycles. The maximum Gasteiger partial charge on any atom is 0.327 e. The van der Waals surface area contributed by atoms with Crippen LogP contribution in [0.5, 0.6) is 0 Å². The predicted molar refractivity (Wildman–Crippen MR) is 171 cm³/mol. The van der Waals surface area contributed by atoms with Crippen LogP contribution in [0.3, 0.4) is 0 Å². The molecule has 2 saturated heterocycles. The highest BCUT2D eigenvalue weighted by Gasteiger charge is 2.47. The average Bonchev–Trinajstić information content (AvgIpc) is 2.87. The summed E-state index contributed by atoms with van der Waals surface area (Å²) >= 11 is 0. The number of carbonyl (C=O) groups excluding carboxylic acids is 4. The Bertz CT molecular complexity index is 1230. The molecule has 2 aliphatic heterocycles. The standard InChI is InChI=1S/C35H50N2O10/c1-32(2)18-22(26-28(38)44-34(5,6)45-29(26)39)16-24(20-32)36-10-9-12-42-14-15-43-13-11-37-25-17-23(19-33(3,4)21-25)27-30(40)46-35(7,8)47-31(27)41/h16-17,20-21,26-27,36-37H,9-15,18-19H2,1-8H3. The fourth-order valence-corrected chi connectivity index (χ4v) is 6.20. The molecule has 12 heteroatoms. The van der Waals surface area contributed by atoms with E-state index in [1.165, 1.54) is 0 Å². The van der Waals surface area contributed by atoms with Crippen molar-refractivity contribution in [1.82, 2.24) is 10.6 Å². The van der Waals surface area contributed by atoms with Gasteiger partial charge in [-0.15, -0.1) is 0 Å². The van der Waals surface area contributed by atoms with Gasteiger partial charge in [-0.25, -0.2) is 0 Å². The smallest absolute Gasteiger partial charge is 0.327 e. The highest BCUT2D eigenvalue weighted by Crippen LogP contribution is 2.40. The van der Waals surface area contributed by atoms with Gasteiger partial charge in [0.2, 0.25) is 0 Å². The van der Waals surface area contributed by atoms with Crippen LogP contribution in [-0.4, -0.2) is 75.0 Å². The quantitative estimate of drug-likeness (QED) is 0.158. The van der Waals surface area contributed by atoms with Gasteiger partial charge in [-0.1, -0.05) is 39.8 Å². The van der Waals surface area contributed by atoms with Gasteiger partial charge >= 0.3 is 23.9 Å². The number of hydrogen-bond donors (Lipinski definition) is 2. The summed E-state index contributed by atoms with van der Waals surface area (Å²) in [5.41, 5.74) is 2.49. The Kier molecular flexibility index (Phi) is 11.0. The molecule has 47 heavy (non-hydrogen) atoms. The first kappa shape index (κ1) is 36.2. The topological polar surface area (TPSA) is 148 Å². The van der Waals surface area contributed by atoms with Crippen molar-refractivity contribution in [3.63, 3.8) is 0 Å². The van der Waals surface area contributed by atoms with Crippen molar-refractivity contribution < 1.29 is 47.6 Å². The zero-order valence-corrected chi connectivity index (χ0v) is 28.9. The Labute approximate surface area is 277 Å². The fraction of sp³-hybridized carbons (Fsp3) is 0.657. The van der Waals surface area contributed by atoms with E-state index in [4.69, 9.17) is 28.4 Å². The highest BCUT2D eigenvalue weighted by molar-refractivity contribution is 6.00. The fourth-order valence-electron chi connectivity index (χ4n) is 6.20. The zero-order chi connectivity index (χ0) is 34.6. The Morgan fingerprint density at radius 2 is 0.979 bits per heavy atom. The summed E-state index contributed by atoms with van der Waals surface area (Å²) in [6, 6.07) is 0. The van der Waals surface area contributed by atoms with Crippen molar-refractivity contribution in [2.45, 2.75) is 86.2 Å². The molecule has 4 aliphatic rings. The van der Waals surface area contributed by atoms with Crippen LogP contribution in [-0.2, 0) is 47.6 Å². The lowest BCUT2D eigenvalue weighted by Crippen LogP contribution is -2.47. The number of allylic oxidation sites excluding steroid dienone is 4. The van der Waals surface area contributed by atoms with Crippen LogP contribution >= 0.6 is 0 Å². The van der Waals surface area contributed by atoms with E-state index in [1.807, 2.05) is 26.0 Å². The molecule has 0 spiro atoms. The molecule has 260 valence electrons. The van der Waals surface area contributed by atoms with Gasteiger partial charge in [-0.3, -0.25) is 19.2 Å². The molecule has 0 aromatic rings. The monoisotopic (exact) mass is 658 g/mol. The zero-order valence-electron chi connectivity index (χ0n) is 28.9. The van der Waals surface area contributed by atoms with Gasteiger partial charge in [0.1, 0.15) is 0 Å². The first-order valence-electron chi connectivity index (χ1n) is 16.3. The van der Waals surface area contributed by atoms with E-state index in [-0.39, 0.29) is 10.8 Å². The summed E-state index contributed by atoms with van der Waals surface area (Å²) in [5.74, 6) is -6.97.